The van der Waals surface area contributed by atoms with Gasteiger partial charge in [0.2, 0.25) is 11.9 Å². The van der Waals surface area contributed by atoms with Gasteiger partial charge in [0.15, 0.2) is 0 Å². The van der Waals surface area contributed by atoms with Gasteiger partial charge >= 0.3 is 6.01 Å². The molecule has 2 N–H and O–H groups in total. The Morgan fingerprint density at radius 3 is 2.60 bits per heavy atom. The van der Waals surface area contributed by atoms with Crippen molar-refractivity contribution in [1.82, 2.24) is 15.0 Å². The van der Waals surface area contributed by atoms with Crippen LogP contribution in [-0.2, 0) is 0 Å². The average Bonchev–Trinajstić information content (AvgIpc) is 2.43. The quantitative estimate of drug-likeness (QED) is 0.875. The number of hydrogen-bond acceptors (Lipinski definition) is 6. The van der Waals surface area contributed by atoms with Crippen molar-refractivity contribution in [1.29, 1.82) is 0 Å². The number of hydrogen-bond donors (Lipinski definition) is 2. The van der Waals surface area contributed by atoms with E-state index in [0.717, 1.165) is 0 Å². The molecule has 2 rings (SSSR count). The van der Waals surface area contributed by atoms with Gasteiger partial charge in [-0.25, -0.2) is 4.39 Å². The molecule has 0 fully saturated rings. The van der Waals surface area contributed by atoms with E-state index in [-0.39, 0.29) is 11.8 Å². The Bertz CT molecular complexity index is 605. The summed E-state index contributed by atoms with van der Waals surface area (Å²) in [6.45, 7) is 4.31. The number of aryl methyl sites for hydroxylation is 1. The van der Waals surface area contributed by atoms with Gasteiger partial charge in [-0.2, -0.15) is 15.0 Å². The van der Waals surface area contributed by atoms with E-state index in [1.165, 1.54) is 13.2 Å². The molecule has 0 amide bonds. The summed E-state index contributed by atoms with van der Waals surface area (Å²) in [4.78, 5) is 12.4. The largest absolute Gasteiger partial charge is 0.467 e. The SMILES string of the molecule is CCNc1nc(Nc2ccc(F)c(C)c2)nc(OC)n1. The van der Waals surface area contributed by atoms with Crippen LogP contribution in [0.4, 0.5) is 22.0 Å². The van der Waals surface area contributed by atoms with Crippen LogP contribution in [0.15, 0.2) is 18.2 Å². The van der Waals surface area contributed by atoms with Gasteiger partial charge in [0, 0.05) is 12.2 Å². The maximum Gasteiger partial charge on any atom is 0.322 e. The van der Waals surface area contributed by atoms with Crippen LogP contribution in [0.2, 0.25) is 0 Å². The van der Waals surface area contributed by atoms with E-state index >= 15 is 0 Å². The number of halogens is 1. The molecule has 7 heteroatoms. The lowest BCUT2D eigenvalue weighted by molar-refractivity contribution is 0.379. The van der Waals surface area contributed by atoms with Crippen LogP contribution in [0.5, 0.6) is 6.01 Å². The van der Waals surface area contributed by atoms with Crippen LogP contribution >= 0.6 is 0 Å². The molecule has 1 aromatic carbocycles. The first-order valence-corrected chi connectivity index (χ1v) is 6.19. The molecule has 1 aromatic heterocycles. The molecule has 1 heterocycles. The third-order valence-corrected chi connectivity index (χ3v) is 2.55. The van der Waals surface area contributed by atoms with Crippen LogP contribution in [0.1, 0.15) is 12.5 Å². The highest BCUT2D eigenvalue weighted by Gasteiger charge is 2.07. The number of ether oxygens (including phenoxy) is 1. The summed E-state index contributed by atoms with van der Waals surface area (Å²) >= 11 is 0. The molecule has 0 aliphatic heterocycles. The number of benzene rings is 1. The summed E-state index contributed by atoms with van der Waals surface area (Å²) in [6, 6.07) is 4.89. The lowest BCUT2D eigenvalue weighted by atomic mass is 10.2. The maximum absolute atomic E-state index is 13.2. The molecule has 0 radical (unpaired) electrons. The van der Waals surface area contributed by atoms with Crippen molar-refractivity contribution in [2.75, 3.05) is 24.3 Å². The highest BCUT2D eigenvalue weighted by Crippen LogP contribution is 2.19. The summed E-state index contributed by atoms with van der Waals surface area (Å²) in [5.74, 6) is 0.497. The second-order valence-corrected chi connectivity index (χ2v) is 4.09. The van der Waals surface area contributed by atoms with Gasteiger partial charge in [0.05, 0.1) is 7.11 Å². The minimum Gasteiger partial charge on any atom is -0.467 e. The first kappa shape index (κ1) is 14.0. The molecule has 0 atom stereocenters. The smallest absolute Gasteiger partial charge is 0.322 e. The topological polar surface area (TPSA) is 72.0 Å². The molecular formula is C13H16FN5O. The van der Waals surface area contributed by atoms with Crippen molar-refractivity contribution in [3.05, 3.63) is 29.6 Å². The second kappa shape index (κ2) is 6.14. The minimum atomic E-state index is -0.253. The van der Waals surface area contributed by atoms with Gasteiger partial charge in [0.25, 0.3) is 0 Å². The first-order chi connectivity index (χ1) is 9.62. The highest BCUT2D eigenvalue weighted by molar-refractivity contribution is 5.55. The van der Waals surface area contributed by atoms with Gasteiger partial charge in [-0.3, -0.25) is 0 Å². The zero-order valence-corrected chi connectivity index (χ0v) is 11.6. The molecular weight excluding hydrogens is 261 g/mol. The van der Waals surface area contributed by atoms with E-state index in [9.17, 15) is 4.39 Å². The first-order valence-electron chi connectivity index (χ1n) is 6.19. The Kier molecular flexibility index (Phi) is 4.29. The van der Waals surface area contributed by atoms with Crippen molar-refractivity contribution < 1.29 is 9.13 Å². The molecule has 2 aromatic rings. The zero-order chi connectivity index (χ0) is 14.5. The predicted molar refractivity (Wildman–Crippen MR) is 75.0 cm³/mol. The van der Waals surface area contributed by atoms with Gasteiger partial charge in [0.1, 0.15) is 5.82 Å². The highest BCUT2D eigenvalue weighted by atomic mass is 19.1. The molecule has 6 nitrogen and oxygen atoms in total. The number of anilines is 3. The van der Waals surface area contributed by atoms with Crippen LogP contribution in [-0.4, -0.2) is 28.6 Å². The number of rotatable bonds is 5. The van der Waals surface area contributed by atoms with E-state index in [4.69, 9.17) is 4.74 Å². The second-order valence-electron chi connectivity index (χ2n) is 4.09. The molecule has 0 unspecified atom stereocenters. The molecule has 0 saturated heterocycles. The Hall–Kier alpha value is -2.44. The van der Waals surface area contributed by atoms with Gasteiger partial charge in [-0.1, -0.05) is 0 Å². The van der Waals surface area contributed by atoms with Gasteiger partial charge in [-0.05, 0) is 37.6 Å². The normalized spacial score (nSPS) is 10.2. The van der Waals surface area contributed by atoms with Crippen molar-refractivity contribution >= 4 is 17.6 Å². The molecule has 0 aliphatic carbocycles. The van der Waals surface area contributed by atoms with E-state index in [2.05, 4.69) is 25.6 Å². The summed E-state index contributed by atoms with van der Waals surface area (Å²) < 4.78 is 18.2. The molecule has 106 valence electrons. The Labute approximate surface area is 116 Å². The number of methoxy groups -OCH3 is 1. The van der Waals surface area contributed by atoms with Gasteiger partial charge < -0.3 is 15.4 Å². The molecule has 20 heavy (non-hydrogen) atoms. The number of nitrogens with zero attached hydrogens (tertiary/aromatic N) is 3. The van der Waals surface area contributed by atoms with Crippen molar-refractivity contribution in [2.45, 2.75) is 13.8 Å². The van der Waals surface area contributed by atoms with E-state index in [1.807, 2.05) is 6.92 Å². The molecule has 0 aliphatic rings. The third kappa shape index (κ3) is 3.31. The Morgan fingerprint density at radius 2 is 1.95 bits per heavy atom. The van der Waals surface area contributed by atoms with E-state index in [0.29, 0.717) is 29.7 Å². The van der Waals surface area contributed by atoms with Crippen molar-refractivity contribution in [3.63, 3.8) is 0 Å². The average molecular weight is 277 g/mol. The summed E-state index contributed by atoms with van der Waals surface area (Å²) in [7, 11) is 1.48. The third-order valence-electron chi connectivity index (χ3n) is 2.55. The van der Waals surface area contributed by atoms with Crippen LogP contribution in [0.3, 0.4) is 0 Å². The lowest BCUT2D eigenvalue weighted by Crippen LogP contribution is -2.08. The lowest BCUT2D eigenvalue weighted by Gasteiger charge is -2.09. The van der Waals surface area contributed by atoms with Gasteiger partial charge in [-0.15, -0.1) is 0 Å². The molecule has 0 spiro atoms. The zero-order valence-electron chi connectivity index (χ0n) is 11.6. The number of aromatic nitrogens is 3. The van der Waals surface area contributed by atoms with E-state index < -0.39 is 0 Å². The standard InChI is InChI=1S/C13H16FN5O/c1-4-15-11-17-12(19-13(18-11)20-3)16-9-5-6-10(14)8(2)7-9/h5-7H,4H2,1-3H3,(H2,15,16,17,18,19). The van der Waals surface area contributed by atoms with Crippen molar-refractivity contribution in [2.24, 2.45) is 0 Å². The maximum atomic E-state index is 13.2. The minimum absolute atomic E-state index is 0.206. The Morgan fingerprint density at radius 1 is 1.20 bits per heavy atom. The van der Waals surface area contributed by atoms with Crippen molar-refractivity contribution in [3.8, 4) is 6.01 Å². The summed E-state index contributed by atoms with van der Waals surface area (Å²) in [6.07, 6.45) is 0. The van der Waals surface area contributed by atoms with Crippen LogP contribution < -0.4 is 15.4 Å². The summed E-state index contributed by atoms with van der Waals surface area (Å²) in [5, 5.41) is 5.98. The fraction of sp³-hybridized carbons (Fsp3) is 0.308. The molecule has 0 saturated carbocycles. The summed E-state index contributed by atoms with van der Waals surface area (Å²) in [5.41, 5.74) is 1.24. The van der Waals surface area contributed by atoms with Crippen LogP contribution in [0.25, 0.3) is 0 Å². The Balaban J connectivity index is 2.27. The molecule has 0 bridgehead atoms. The predicted octanol–water partition coefficient (Wildman–Crippen LogP) is 2.50. The van der Waals surface area contributed by atoms with Crippen LogP contribution in [0, 0.1) is 12.7 Å². The van der Waals surface area contributed by atoms with E-state index in [1.54, 1.807) is 19.1 Å². The monoisotopic (exact) mass is 277 g/mol. The fourth-order valence-electron chi connectivity index (χ4n) is 1.59. The number of nitrogens with one attached hydrogen (secondary N) is 2. The fourth-order valence-corrected chi connectivity index (χ4v) is 1.59.